The van der Waals surface area contributed by atoms with Gasteiger partial charge in [-0.05, 0) is 44.9 Å². The smallest absolute Gasteiger partial charge is 0.407 e. The number of carbonyl (C=O) groups is 1. The van der Waals surface area contributed by atoms with Gasteiger partial charge in [0.05, 0.1) is 19.8 Å². The normalized spacial score (nSPS) is 12.7. The number of rotatable bonds is 5. The lowest BCUT2D eigenvalue weighted by Gasteiger charge is -2.22. The van der Waals surface area contributed by atoms with Crippen LogP contribution < -0.4 is 10.1 Å². The van der Waals surface area contributed by atoms with Gasteiger partial charge in [-0.2, -0.15) is 0 Å². The summed E-state index contributed by atoms with van der Waals surface area (Å²) in [5.74, 6) is 0.747. The Morgan fingerprint density at radius 3 is 2.65 bits per heavy atom. The largest absolute Gasteiger partial charge is 0.497 e. The Hall–Kier alpha value is -1.75. The number of carbonyl (C=O) groups excluding carboxylic acids is 1. The molecule has 0 bridgehead atoms. The molecule has 20 heavy (non-hydrogen) atoms. The summed E-state index contributed by atoms with van der Waals surface area (Å²) >= 11 is 0. The Kier molecular flexibility index (Phi) is 5.82. The number of alkyl carbamates (subject to hydrolysis) is 1. The van der Waals surface area contributed by atoms with Crippen molar-refractivity contribution in [3.8, 4) is 5.75 Å². The summed E-state index contributed by atoms with van der Waals surface area (Å²) in [4.78, 5) is 11.7. The van der Waals surface area contributed by atoms with Crippen LogP contribution in [-0.2, 0) is 11.2 Å². The van der Waals surface area contributed by atoms with Crippen molar-refractivity contribution in [2.75, 3.05) is 13.7 Å². The summed E-state index contributed by atoms with van der Waals surface area (Å²) in [6, 6.07) is 7.12. The molecule has 1 aromatic carbocycles. The molecule has 1 amide bonds. The van der Waals surface area contributed by atoms with Crippen LogP contribution in [-0.4, -0.2) is 36.6 Å². The highest BCUT2D eigenvalue weighted by Gasteiger charge is 2.19. The molecule has 5 heteroatoms. The first kappa shape index (κ1) is 16.3. The molecule has 0 aliphatic rings. The zero-order valence-electron chi connectivity index (χ0n) is 12.5. The maximum atomic E-state index is 11.7. The van der Waals surface area contributed by atoms with E-state index in [2.05, 4.69) is 5.32 Å². The molecule has 5 nitrogen and oxygen atoms in total. The highest BCUT2D eigenvalue weighted by Crippen LogP contribution is 2.14. The van der Waals surface area contributed by atoms with Crippen molar-refractivity contribution in [3.63, 3.8) is 0 Å². The Morgan fingerprint density at radius 1 is 1.40 bits per heavy atom. The third-order valence-electron chi connectivity index (χ3n) is 2.56. The topological polar surface area (TPSA) is 67.8 Å². The van der Waals surface area contributed by atoms with Gasteiger partial charge in [0.15, 0.2) is 0 Å². The van der Waals surface area contributed by atoms with Crippen LogP contribution >= 0.6 is 0 Å². The Balaban J connectivity index is 2.60. The summed E-state index contributed by atoms with van der Waals surface area (Å²) in [5, 5.41) is 12.0. The van der Waals surface area contributed by atoms with Crippen LogP contribution in [0.25, 0.3) is 0 Å². The van der Waals surface area contributed by atoms with Crippen LogP contribution in [0.5, 0.6) is 5.75 Å². The lowest BCUT2D eigenvalue weighted by molar-refractivity contribution is 0.0483. The monoisotopic (exact) mass is 281 g/mol. The van der Waals surface area contributed by atoms with Crippen molar-refractivity contribution >= 4 is 6.09 Å². The molecule has 0 aliphatic heterocycles. The number of aliphatic hydroxyl groups excluding tert-OH is 1. The minimum atomic E-state index is -0.555. The highest BCUT2D eigenvalue weighted by molar-refractivity contribution is 5.68. The molecule has 1 atom stereocenters. The summed E-state index contributed by atoms with van der Waals surface area (Å²) < 4.78 is 10.3. The minimum absolute atomic E-state index is 0.156. The number of amides is 1. The quantitative estimate of drug-likeness (QED) is 0.867. The van der Waals surface area contributed by atoms with E-state index in [1.807, 2.05) is 24.3 Å². The van der Waals surface area contributed by atoms with Crippen molar-refractivity contribution < 1.29 is 19.4 Å². The summed E-state index contributed by atoms with van der Waals surface area (Å²) in [7, 11) is 1.60. The van der Waals surface area contributed by atoms with Gasteiger partial charge in [0.25, 0.3) is 0 Å². The predicted octanol–water partition coefficient (Wildman–Crippen LogP) is 2.12. The zero-order chi connectivity index (χ0) is 15.2. The van der Waals surface area contributed by atoms with E-state index in [1.165, 1.54) is 0 Å². The lowest BCUT2D eigenvalue weighted by atomic mass is 10.1. The average molecular weight is 281 g/mol. The first-order valence-electron chi connectivity index (χ1n) is 6.57. The molecule has 2 N–H and O–H groups in total. The van der Waals surface area contributed by atoms with E-state index in [1.54, 1.807) is 27.9 Å². The van der Waals surface area contributed by atoms with E-state index in [0.29, 0.717) is 6.42 Å². The first-order valence-corrected chi connectivity index (χ1v) is 6.57. The number of hydrogen-bond donors (Lipinski definition) is 2. The number of benzene rings is 1. The molecule has 0 saturated heterocycles. The Bertz CT molecular complexity index is 440. The molecular formula is C15H23NO4. The van der Waals surface area contributed by atoms with E-state index in [0.717, 1.165) is 11.3 Å². The molecule has 0 aromatic heterocycles. The second-order valence-corrected chi connectivity index (χ2v) is 5.58. The molecule has 0 saturated carbocycles. The molecule has 0 aliphatic carbocycles. The summed E-state index contributed by atoms with van der Waals surface area (Å²) in [6.07, 6.45) is -0.0214. The molecule has 1 rings (SSSR count). The van der Waals surface area contributed by atoms with Crippen LogP contribution in [0.2, 0.25) is 0 Å². The highest BCUT2D eigenvalue weighted by atomic mass is 16.6. The second-order valence-electron chi connectivity index (χ2n) is 5.58. The molecule has 0 fully saturated rings. The summed E-state index contributed by atoms with van der Waals surface area (Å²) in [5.41, 5.74) is 0.416. The average Bonchev–Trinajstić information content (AvgIpc) is 2.36. The maximum Gasteiger partial charge on any atom is 0.407 e. The Labute approximate surface area is 119 Å². The number of aliphatic hydroxyl groups is 1. The van der Waals surface area contributed by atoms with Gasteiger partial charge < -0.3 is 19.9 Å². The van der Waals surface area contributed by atoms with Crippen LogP contribution in [0.1, 0.15) is 26.3 Å². The van der Waals surface area contributed by atoms with Gasteiger partial charge in [0.2, 0.25) is 0 Å². The van der Waals surface area contributed by atoms with E-state index < -0.39 is 17.7 Å². The third kappa shape index (κ3) is 5.93. The number of ether oxygens (including phenoxy) is 2. The fourth-order valence-corrected chi connectivity index (χ4v) is 1.72. The van der Waals surface area contributed by atoms with Crippen molar-refractivity contribution in [3.05, 3.63) is 29.8 Å². The van der Waals surface area contributed by atoms with Crippen LogP contribution in [0, 0.1) is 0 Å². The molecule has 1 unspecified atom stereocenters. The van der Waals surface area contributed by atoms with Crippen LogP contribution in [0.4, 0.5) is 4.79 Å². The van der Waals surface area contributed by atoms with Gasteiger partial charge >= 0.3 is 6.09 Å². The third-order valence-corrected chi connectivity index (χ3v) is 2.56. The van der Waals surface area contributed by atoms with Crippen LogP contribution in [0.3, 0.4) is 0 Å². The van der Waals surface area contributed by atoms with E-state index in [-0.39, 0.29) is 6.61 Å². The van der Waals surface area contributed by atoms with Crippen LogP contribution in [0.15, 0.2) is 24.3 Å². The Morgan fingerprint density at radius 2 is 2.10 bits per heavy atom. The molecule has 0 spiro atoms. The number of methoxy groups -OCH3 is 1. The van der Waals surface area contributed by atoms with Gasteiger partial charge in [-0.25, -0.2) is 4.79 Å². The molecular weight excluding hydrogens is 258 g/mol. The summed E-state index contributed by atoms with van der Waals surface area (Å²) in [6.45, 7) is 5.23. The predicted molar refractivity (Wildman–Crippen MR) is 76.9 cm³/mol. The molecule has 0 heterocycles. The number of nitrogens with one attached hydrogen (secondary N) is 1. The fourth-order valence-electron chi connectivity index (χ4n) is 1.72. The fraction of sp³-hybridized carbons (Fsp3) is 0.533. The molecule has 0 radical (unpaired) electrons. The zero-order valence-corrected chi connectivity index (χ0v) is 12.5. The standard InChI is InChI=1S/C15H23NO4/c1-15(2,3)20-14(18)16-12(10-17)8-11-6-5-7-13(9-11)19-4/h5-7,9,12,17H,8,10H2,1-4H3,(H,16,18). The van der Waals surface area contributed by atoms with Gasteiger partial charge in [-0.3, -0.25) is 0 Å². The van der Waals surface area contributed by atoms with Crippen molar-refractivity contribution in [2.45, 2.75) is 38.8 Å². The molecule has 1 aromatic rings. The van der Waals surface area contributed by atoms with Crippen molar-refractivity contribution in [1.29, 1.82) is 0 Å². The SMILES string of the molecule is COc1cccc(CC(CO)NC(=O)OC(C)(C)C)c1. The van der Waals surface area contributed by atoms with Gasteiger partial charge in [-0.15, -0.1) is 0 Å². The van der Waals surface area contributed by atoms with Gasteiger partial charge in [0.1, 0.15) is 11.4 Å². The van der Waals surface area contributed by atoms with Crippen molar-refractivity contribution in [1.82, 2.24) is 5.32 Å². The molecule has 112 valence electrons. The van der Waals surface area contributed by atoms with E-state index in [4.69, 9.17) is 9.47 Å². The lowest BCUT2D eigenvalue weighted by Crippen LogP contribution is -2.42. The minimum Gasteiger partial charge on any atom is -0.497 e. The van der Waals surface area contributed by atoms with Crippen molar-refractivity contribution in [2.24, 2.45) is 0 Å². The first-order chi connectivity index (χ1) is 9.34. The van der Waals surface area contributed by atoms with E-state index >= 15 is 0 Å². The van der Waals surface area contributed by atoms with Gasteiger partial charge in [-0.1, -0.05) is 12.1 Å². The second kappa shape index (κ2) is 7.14. The van der Waals surface area contributed by atoms with E-state index in [9.17, 15) is 9.90 Å². The maximum absolute atomic E-state index is 11.7. The van der Waals surface area contributed by atoms with Gasteiger partial charge in [0, 0.05) is 0 Å². The number of hydrogen-bond acceptors (Lipinski definition) is 4.